The molecule has 0 aliphatic rings. The molecule has 5 aromatic rings. The Morgan fingerprint density at radius 2 is 1.04 bits per heavy atom. The molecule has 0 bridgehead atoms. The van der Waals surface area contributed by atoms with Gasteiger partial charge < -0.3 is 8.83 Å². The molecule has 6 nitrogen and oxygen atoms in total. The third-order valence-electron chi connectivity index (χ3n) is 4.80. The lowest BCUT2D eigenvalue weighted by Gasteiger charge is -2.15. The monoisotopic (exact) mass is 372 g/mol. The Morgan fingerprint density at radius 3 is 1.46 bits per heavy atom. The van der Waals surface area contributed by atoms with E-state index >= 15 is 0 Å². The van der Waals surface area contributed by atoms with Gasteiger partial charge >= 0.3 is 0 Å². The number of hydrogen-bond donors (Lipinski definition) is 0. The Bertz CT molecular complexity index is 1370. The highest BCUT2D eigenvalue weighted by molar-refractivity contribution is 6.04. The number of rotatable bonds is 0. The first-order valence-corrected chi connectivity index (χ1v) is 8.88. The van der Waals surface area contributed by atoms with E-state index in [1.54, 1.807) is 21.3 Å². The van der Waals surface area contributed by atoms with Gasteiger partial charge in [-0.2, -0.15) is 0 Å². The summed E-state index contributed by atoms with van der Waals surface area (Å²) >= 11 is 0. The maximum atomic E-state index is 12.5. The molecular weight excluding hydrogens is 356 g/mol. The van der Waals surface area contributed by atoms with Crippen molar-refractivity contribution >= 4 is 56.2 Å². The first-order valence-electron chi connectivity index (χ1n) is 8.88. The standard InChI is InChI=1S/C22H16N2O4/c1-13(25)23-15-7-3-5-9-19(15)27-21-12-22-18(11-17(21)23)24(14(2)26)16-8-4-6-10-20(16)28-22/h3-12H,1-2H3. The van der Waals surface area contributed by atoms with Gasteiger partial charge in [-0.1, -0.05) is 24.3 Å². The molecule has 0 fully saturated rings. The largest absolute Gasteiger partial charge is 0.453 e. The Kier molecular flexibility index (Phi) is 3.42. The molecule has 0 atom stereocenters. The maximum absolute atomic E-state index is 12.5. The summed E-state index contributed by atoms with van der Waals surface area (Å²) < 4.78 is 15.2. The molecule has 138 valence electrons. The molecule has 0 spiro atoms. The quantitative estimate of drug-likeness (QED) is 0.335. The van der Waals surface area contributed by atoms with Crippen LogP contribution in [0.25, 0.3) is 44.4 Å². The fourth-order valence-electron chi connectivity index (χ4n) is 3.68. The van der Waals surface area contributed by atoms with E-state index in [-0.39, 0.29) is 11.8 Å². The first kappa shape index (κ1) is 16.4. The SMILES string of the molecule is CC(=O)n1c2ccccc2oc2cc3oc4ccccc4n(C(C)=O)c3cc21. The minimum Gasteiger partial charge on any atom is -0.453 e. The molecule has 28 heavy (non-hydrogen) atoms. The van der Waals surface area contributed by atoms with Crippen molar-refractivity contribution in [2.75, 3.05) is 0 Å². The lowest BCUT2D eigenvalue weighted by molar-refractivity contribution is 0.0937. The summed E-state index contributed by atoms with van der Waals surface area (Å²) in [7, 11) is 0. The molecule has 0 saturated carbocycles. The van der Waals surface area contributed by atoms with Gasteiger partial charge in [0.15, 0.2) is 22.3 Å². The minimum absolute atomic E-state index is 0.150. The zero-order chi connectivity index (χ0) is 19.4. The Labute approximate surface area is 158 Å². The van der Waals surface area contributed by atoms with Gasteiger partial charge in [0, 0.05) is 19.9 Å². The Balaban J connectivity index is 2.05. The second-order valence-electron chi connectivity index (χ2n) is 6.64. The number of carbonyl (C=O) groups excluding carboxylic acids is 2. The first-order chi connectivity index (χ1) is 13.5. The zero-order valence-corrected chi connectivity index (χ0v) is 15.3. The number of fused-ring (bicyclic) bond motifs is 4. The van der Waals surface area contributed by atoms with Gasteiger partial charge in [-0.3, -0.25) is 18.7 Å². The fourth-order valence-corrected chi connectivity index (χ4v) is 3.68. The van der Waals surface area contributed by atoms with Crippen molar-refractivity contribution in [3.05, 3.63) is 60.7 Å². The third kappa shape index (κ3) is 2.28. The normalized spacial score (nSPS) is 11.5. The summed E-state index contributed by atoms with van der Waals surface area (Å²) in [6, 6.07) is 18.2. The fraction of sp³-hybridized carbons (Fsp3) is 0.0909. The lowest BCUT2D eigenvalue weighted by atomic mass is 10.2. The third-order valence-corrected chi connectivity index (χ3v) is 4.80. The topological polar surface area (TPSA) is 70.3 Å². The Morgan fingerprint density at radius 1 is 0.607 bits per heavy atom. The smallest absolute Gasteiger partial charge is 0.228 e. The molecule has 0 aliphatic carbocycles. The summed E-state index contributed by atoms with van der Waals surface area (Å²) in [4.78, 5) is 24.9. The second-order valence-corrected chi connectivity index (χ2v) is 6.64. The van der Waals surface area contributed by atoms with Crippen molar-refractivity contribution in [3.8, 4) is 0 Å². The van der Waals surface area contributed by atoms with Gasteiger partial charge in [-0.25, -0.2) is 0 Å². The summed E-state index contributed by atoms with van der Waals surface area (Å²) in [5, 5.41) is 0. The van der Waals surface area contributed by atoms with Crippen LogP contribution in [0.4, 0.5) is 0 Å². The van der Waals surface area contributed by atoms with Crippen LogP contribution in [0.1, 0.15) is 23.4 Å². The molecule has 2 aromatic heterocycles. The van der Waals surface area contributed by atoms with Gasteiger partial charge in [0.05, 0.1) is 22.1 Å². The predicted octanol–water partition coefficient (Wildman–Crippen LogP) is 5.53. The van der Waals surface area contributed by atoms with Crippen molar-refractivity contribution in [1.82, 2.24) is 9.13 Å². The van der Waals surface area contributed by atoms with Crippen molar-refractivity contribution < 1.29 is 18.4 Å². The molecule has 2 heterocycles. The van der Waals surface area contributed by atoms with Crippen LogP contribution in [0.3, 0.4) is 0 Å². The molecule has 5 rings (SSSR count). The number of aromatic nitrogens is 2. The number of benzene rings is 3. The van der Waals surface area contributed by atoms with Crippen LogP contribution >= 0.6 is 0 Å². The molecule has 0 aliphatic heterocycles. The molecule has 0 saturated heterocycles. The van der Waals surface area contributed by atoms with Crippen molar-refractivity contribution in [2.24, 2.45) is 0 Å². The Hall–Kier alpha value is -3.80. The minimum atomic E-state index is -0.150. The number of carbonyl (C=O) groups is 2. The van der Waals surface area contributed by atoms with Gasteiger partial charge in [0.2, 0.25) is 11.8 Å². The van der Waals surface area contributed by atoms with E-state index in [2.05, 4.69) is 0 Å². The number of hydrogen-bond acceptors (Lipinski definition) is 4. The van der Waals surface area contributed by atoms with Crippen molar-refractivity contribution in [3.63, 3.8) is 0 Å². The second kappa shape index (κ2) is 5.85. The van der Waals surface area contributed by atoms with Crippen LogP contribution in [0.2, 0.25) is 0 Å². The average Bonchev–Trinajstić information content (AvgIpc) is 2.68. The average molecular weight is 372 g/mol. The molecule has 0 radical (unpaired) electrons. The summed E-state index contributed by atoms with van der Waals surface area (Å²) in [6.45, 7) is 3.00. The summed E-state index contributed by atoms with van der Waals surface area (Å²) in [6.07, 6.45) is 0. The van der Waals surface area contributed by atoms with E-state index in [1.165, 1.54) is 13.8 Å². The van der Waals surface area contributed by atoms with E-state index in [0.717, 1.165) is 0 Å². The van der Waals surface area contributed by atoms with Crippen LogP contribution in [0, 0.1) is 0 Å². The number of nitrogens with zero attached hydrogens (tertiary/aromatic N) is 2. The highest BCUT2D eigenvalue weighted by Crippen LogP contribution is 2.30. The van der Waals surface area contributed by atoms with E-state index in [4.69, 9.17) is 8.83 Å². The van der Waals surface area contributed by atoms with Gasteiger partial charge in [-0.05, 0) is 30.3 Å². The molecule has 6 heteroatoms. The van der Waals surface area contributed by atoms with Crippen molar-refractivity contribution in [2.45, 2.75) is 13.8 Å². The molecule has 0 amide bonds. The van der Waals surface area contributed by atoms with E-state index < -0.39 is 0 Å². The van der Waals surface area contributed by atoms with E-state index in [9.17, 15) is 9.59 Å². The van der Waals surface area contributed by atoms with Gasteiger partial charge in [0.25, 0.3) is 0 Å². The van der Waals surface area contributed by atoms with Gasteiger partial charge in [-0.15, -0.1) is 0 Å². The van der Waals surface area contributed by atoms with Crippen LogP contribution in [0.15, 0.2) is 69.5 Å². The molecule has 0 unspecified atom stereocenters. The highest BCUT2D eigenvalue weighted by Gasteiger charge is 2.17. The summed E-state index contributed by atoms with van der Waals surface area (Å²) in [5.74, 6) is -0.299. The maximum Gasteiger partial charge on any atom is 0.228 e. The van der Waals surface area contributed by atoms with E-state index in [0.29, 0.717) is 44.4 Å². The highest BCUT2D eigenvalue weighted by atomic mass is 16.3. The van der Waals surface area contributed by atoms with Crippen molar-refractivity contribution in [1.29, 1.82) is 0 Å². The van der Waals surface area contributed by atoms with Gasteiger partial charge in [0.1, 0.15) is 0 Å². The van der Waals surface area contributed by atoms with E-state index in [1.807, 2.05) is 48.5 Å². The van der Waals surface area contributed by atoms with Crippen LogP contribution < -0.4 is 0 Å². The van der Waals surface area contributed by atoms with Crippen LogP contribution in [-0.2, 0) is 0 Å². The molecule has 3 aromatic carbocycles. The lowest BCUT2D eigenvalue weighted by Crippen LogP contribution is -2.11. The van der Waals surface area contributed by atoms with Crippen LogP contribution in [-0.4, -0.2) is 20.9 Å². The summed E-state index contributed by atoms with van der Waals surface area (Å²) in [5.41, 5.74) is 4.63. The molecule has 0 N–H and O–H groups in total. The van der Waals surface area contributed by atoms with Crippen LogP contribution in [0.5, 0.6) is 0 Å². The molecular formula is C22H16N2O4. The predicted molar refractivity (Wildman–Crippen MR) is 107 cm³/mol. The number of para-hydroxylation sites is 4. The zero-order valence-electron chi connectivity index (χ0n) is 15.3.